The lowest BCUT2D eigenvalue weighted by Gasteiger charge is -2.37. The number of nitrogens with one attached hydrogen (secondary N) is 1. The number of furan rings is 1. The van der Waals surface area contributed by atoms with Gasteiger partial charge in [-0.15, -0.1) is 11.8 Å². The summed E-state index contributed by atoms with van der Waals surface area (Å²) in [7, 11) is 0. The molecular formula is C24H21N3O4S. The third-order valence-electron chi connectivity index (χ3n) is 5.87. The van der Waals surface area contributed by atoms with E-state index in [2.05, 4.69) is 5.32 Å². The first kappa shape index (κ1) is 20.4. The Bertz CT molecular complexity index is 1180. The summed E-state index contributed by atoms with van der Waals surface area (Å²) in [6.45, 7) is 1.22. The molecule has 162 valence electrons. The molecule has 0 bridgehead atoms. The van der Waals surface area contributed by atoms with Crippen molar-refractivity contribution < 1.29 is 18.8 Å². The van der Waals surface area contributed by atoms with Crippen molar-refractivity contribution in [1.82, 2.24) is 10.2 Å². The van der Waals surface area contributed by atoms with Crippen LogP contribution >= 0.6 is 11.8 Å². The van der Waals surface area contributed by atoms with Crippen LogP contribution in [0.1, 0.15) is 24.3 Å². The highest BCUT2D eigenvalue weighted by atomic mass is 32.2. The van der Waals surface area contributed by atoms with Gasteiger partial charge in [0.2, 0.25) is 5.91 Å². The topological polar surface area (TPSA) is 82.9 Å². The second-order valence-electron chi connectivity index (χ2n) is 7.89. The molecule has 0 spiro atoms. The normalized spacial score (nSPS) is 22.6. The molecule has 7 nitrogen and oxygen atoms in total. The largest absolute Gasteiger partial charge is 0.466 e. The first-order chi connectivity index (χ1) is 15.5. The van der Waals surface area contributed by atoms with Crippen LogP contribution in [-0.2, 0) is 15.1 Å². The van der Waals surface area contributed by atoms with E-state index in [1.54, 1.807) is 35.7 Å². The van der Waals surface area contributed by atoms with Crippen molar-refractivity contribution in [1.29, 1.82) is 0 Å². The number of hydrogen-bond donors (Lipinski definition) is 1. The molecule has 2 atom stereocenters. The molecule has 1 N–H and O–H groups in total. The van der Waals surface area contributed by atoms with Gasteiger partial charge in [-0.05, 0) is 36.8 Å². The molecular weight excluding hydrogens is 426 g/mol. The highest BCUT2D eigenvalue weighted by Gasteiger charge is 2.52. The van der Waals surface area contributed by atoms with Crippen LogP contribution in [0, 0.1) is 0 Å². The van der Waals surface area contributed by atoms with Crippen LogP contribution in [0.2, 0.25) is 0 Å². The molecule has 2 aromatic carbocycles. The van der Waals surface area contributed by atoms with Crippen LogP contribution in [0.3, 0.4) is 0 Å². The first-order valence-electron chi connectivity index (χ1n) is 10.3. The van der Waals surface area contributed by atoms with Crippen molar-refractivity contribution in [2.75, 3.05) is 17.2 Å². The number of hydrogen-bond acceptors (Lipinski definition) is 5. The van der Waals surface area contributed by atoms with Crippen LogP contribution in [0.15, 0.2) is 82.3 Å². The molecule has 3 heterocycles. The lowest BCUT2D eigenvalue weighted by Crippen LogP contribution is -2.47. The van der Waals surface area contributed by atoms with E-state index in [0.717, 1.165) is 21.0 Å². The molecule has 2 aliphatic rings. The number of imide groups is 1. The van der Waals surface area contributed by atoms with Gasteiger partial charge in [-0.25, -0.2) is 4.79 Å². The monoisotopic (exact) mass is 447 g/mol. The number of anilines is 1. The third-order valence-corrected chi connectivity index (χ3v) is 7.01. The number of rotatable bonds is 4. The van der Waals surface area contributed by atoms with Crippen LogP contribution in [-0.4, -0.2) is 35.0 Å². The molecule has 1 fully saturated rings. The number of carbonyl (C=O) groups is 3. The quantitative estimate of drug-likeness (QED) is 0.613. The Hall–Kier alpha value is -3.52. The molecule has 8 heteroatoms. The summed E-state index contributed by atoms with van der Waals surface area (Å²) < 4.78 is 5.37. The van der Waals surface area contributed by atoms with Crippen molar-refractivity contribution in [3.8, 4) is 0 Å². The molecule has 5 rings (SSSR count). The fourth-order valence-electron chi connectivity index (χ4n) is 4.20. The van der Waals surface area contributed by atoms with Gasteiger partial charge in [0.05, 0.1) is 18.0 Å². The van der Waals surface area contributed by atoms with Crippen LogP contribution in [0.5, 0.6) is 0 Å². The van der Waals surface area contributed by atoms with Crippen molar-refractivity contribution >= 4 is 35.3 Å². The van der Waals surface area contributed by atoms with Gasteiger partial charge in [-0.1, -0.05) is 42.5 Å². The molecule has 3 aromatic rings. The molecule has 0 unspecified atom stereocenters. The van der Waals surface area contributed by atoms with Crippen LogP contribution < -0.4 is 10.2 Å². The SMILES string of the molecule is C[C@@]1(c2ccco2)NC(=O)N(CC(=O)N2c3ccccc3SC[C@@H]2c2ccccc2)C1=O. The zero-order chi connectivity index (χ0) is 22.3. The predicted octanol–water partition coefficient (Wildman–Crippen LogP) is 3.93. The van der Waals surface area contributed by atoms with Gasteiger partial charge in [-0.3, -0.25) is 14.5 Å². The maximum absolute atomic E-state index is 13.6. The number of benzene rings is 2. The van der Waals surface area contributed by atoms with E-state index in [-0.39, 0.29) is 18.5 Å². The van der Waals surface area contributed by atoms with Gasteiger partial charge in [0, 0.05) is 10.6 Å². The lowest BCUT2D eigenvalue weighted by atomic mass is 9.99. The Balaban J connectivity index is 1.47. The maximum Gasteiger partial charge on any atom is 0.325 e. The van der Waals surface area contributed by atoms with Gasteiger partial charge >= 0.3 is 6.03 Å². The number of fused-ring (bicyclic) bond motifs is 1. The minimum Gasteiger partial charge on any atom is -0.466 e. The average molecular weight is 448 g/mol. The number of amides is 4. The summed E-state index contributed by atoms with van der Waals surface area (Å²) in [5.41, 5.74) is 0.443. The molecule has 0 radical (unpaired) electrons. The number of urea groups is 1. The highest BCUT2D eigenvalue weighted by molar-refractivity contribution is 7.99. The first-order valence-corrected chi connectivity index (χ1v) is 11.2. The summed E-state index contributed by atoms with van der Waals surface area (Å²) in [6, 6.07) is 19.9. The Labute approximate surface area is 189 Å². The van der Waals surface area contributed by atoms with E-state index in [1.165, 1.54) is 6.26 Å². The zero-order valence-electron chi connectivity index (χ0n) is 17.4. The second-order valence-corrected chi connectivity index (χ2v) is 8.95. The van der Waals surface area contributed by atoms with Gasteiger partial charge < -0.3 is 14.6 Å². The highest BCUT2D eigenvalue weighted by Crippen LogP contribution is 2.43. The van der Waals surface area contributed by atoms with E-state index >= 15 is 0 Å². The lowest BCUT2D eigenvalue weighted by molar-refractivity contribution is -0.134. The number of carbonyl (C=O) groups excluding carboxylic acids is 3. The molecule has 32 heavy (non-hydrogen) atoms. The van der Waals surface area contributed by atoms with E-state index in [1.807, 2.05) is 54.6 Å². The minimum absolute atomic E-state index is 0.208. The van der Waals surface area contributed by atoms with Crippen LogP contribution in [0.25, 0.3) is 0 Å². The summed E-state index contributed by atoms with van der Waals surface area (Å²) in [5.74, 6) is 0.171. The average Bonchev–Trinajstić information content (AvgIpc) is 3.43. The van der Waals surface area contributed by atoms with Gasteiger partial charge in [0.15, 0.2) is 5.54 Å². The predicted molar refractivity (Wildman–Crippen MR) is 120 cm³/mol. The fourth-order valence-corrected chi connectivity index (χ4v) is 5.37. The molecule has 4 amide bonds. The Morgan fingerprint density at radius 3 is 2.59 bits per heavy atom. The molecule has 0 saturated carbocycles. The summed E-state index contributed by atoms with van der Waals surface area (Å²) in [4.78, 5) is 43.1. The van der Waals surface area contributed by atoms with E-state index < -0.39 is 17.5 Å². The van der Waals surface area contributed by atoms with Crippen molar-refractivity contribution in [3.05, 3.63) is 84.3 Å². The number of thioether (sulfide) groups is 1. The summed E-state index contributed by atoms with van der Waals surface area (Å²) in [6.07, 6.45) is 1.45. The molecule has 2 aliphatic heterocycles. The van der Waals surface area contributed by atoms with Crippen LogP contribution in [0.4, 0.5) is 10.5 Å². The molecule has 1 saturated heterocycles. The van der Waals surface area contributed by atoms with Gasteiger partial charge in [0.25, 0.3) is 5.91 Å². The third kappa shape index (κ3) is 3.27. The number of para-hydroxylation sites is 1. The van der Waals surface area contributed by atoms with Crippen molar-refractivity contribution in [2.24, 2.45) is 0 Å². The van der Waals surface area contributed by atoms with E-state index in [9.17, 15) is 14.4 Å². The summed E-state index contributed by atoms with van der Waals surface area (Å²) in [5, 5.41) is 2.67. The van der Waals surface area contributed by atoms with E-state index in [0.29, 0.717) is 11.5 Å². The standard InChI is InChI=1S/C24H21N3O4S/c1-24(20-12-7-13-31-20)22(29)26(23(30)25-24)14-21(28)27-17-10-5-6-11-19(17)32-15-18(27)16-8-3-2-4-9-16/h2-13,18H,14-15H2,1H3,(H,25,30)/t18-,24+/m1/s1. The molecule has 1 aromatic heterocycles. The smallest absolute Gasteiger partial charge is 0.325 e. The Morgan fingerprint density at radius 1 is 1.09 bits per heavy atom. The Kier molecular flexibility index (Phi) is 5.01. The van der Waals surface area contributed by atoms with Gasteiger partial charge in [-0.2, -0.15) is 0 Å². The second kappa shape index (κ2) is 7.87. The zero-order valence-corrected chi connectivity index (χ0v) is 18.2. The minimum atomic E-state index is -1.34. The fraction of sp³-hybridized carbons (Fsp3) is 0.208. The van der Waals surface area contributed by atoms with Crippen molar-refractivity contribution in [2.45, 2.75) is 23.4 Å². The number of nitrogens with zero attached hydrogens (tertiary/aromatic N) is 2. The Morgan fingerprint density at radius 2 is 1.84 bits per heavy atom. The van der Waals surface area contributed by atoms with Crippen molar-refractivity contribution in [3.63, 3.8) is 0 Å². The van der Waals surface area contributed by atoms with E-state index in [4.69, 9.17) is 4.42 Å². The van der Waals surface area contributed by atoms with Gasteiger partial charge in [0.1, 0.15) is 12.3 Å². The summed E-state index contributed by atoms with van der Waals surface area (Å²) >= 11 is 1.69. The maximum atomic E-state index is 13.6. The molecule has 0 aliphatic carbocycles.